The second kappa shape index (κ2) is 8.44. The Labute approximate surface area is 144 Å². The maximum atomic E-state index is 6.19. The van der Waals surface area contributed by atoms with E-state index in [0.29, 0.717) is 11.1 Å². The Kier molecular flexibility index (Phi) is 6.58. The van der Waals surface area contributed by atoms with E-state index in [-0.39, 0.29) is 6.04 Å². The quantitative estimate of drug-likeness (QED) is 0.813. The summed E-state index contributed by atoms with van der Waals surface area (Å²) >= 11 is 6.19. The van der Waals surface area contributed by atoms with Gasteiger partial charge in [0.05, 0.1) is 5.02 Å². The fourth-order valence-electron chi connectivity index (χ4n) is 2.35. The van der Waals surface area contributed by atoms with E-state index in [1.807, 2.05) is 6.07 Å². The number of nitrogens with zero attached hydrogens (tertiary/aromatic N) is 2. The molecule has 0 spiro atoms. The minimum atomic E-state index is 0.192. The molecule has 124 valence electrons. The maximum absolute atomic E-state index is 6.19. The van der Waals surface area contributed by atoms with Crippen molar-refractivity contribution >= 4 is 11.6 Å². The van der Waals surface area contributed by atoms with Gasteiger partial charge in [0.1, 0.15) is 0 Å². The van der Waals surface area contributed by atoms with Crippen LogP contribution in [0.5, 0.6) is 0 Å². The first-order valence-electron chi connectivity index (χ1n) is 8.08. The van der Waals surface area contributed by atoms with Crippen LogP contribution in [0.1, 0.15) is 43.5 Å². The SMILES string of the molecule is CC(NCc1ccc(CN(C)C(C)C)cc1)c1ccncc1Cl. The summed E-state index contributed by atoms with van der Waals surface area (Å²) in [5, 5.41) is 4.22. The van der Waals surface area contributed by atoms with E-state index >= 15 is 0 Å². The predicted octanol–water partition coefficient (Wildman–Crippen LogP) is 4.43. The average molecular weight is 332 g/mol. The Morgan fingerprint density at radius 2 is 1.74 bits per heavy atom. The summed E-state index contributed by atoms with van der Waals surface area (Å²) < 4.78 is 0. The molecule has 0 fully saturated rings. The minimum absolute atomic E-state index is 0.192. The molecule has 0 saturated carbocycles. The van der Waals surface area contributed by atoms with Crippen molar-refractivity contribution in [1.82, 2.24) is 15.2 Å². The summed E-state index contributed by atoms with van der Waals surface area (Å²) in [6.45, 7) is 8.34. The molecule has 1 heterocycles. The van der Waals surface area contributed by atoms with Crippen LogP contribution in [0.3, 0.4) is 0 Å². The summed E-state index contributed by atoms with van der Waals surface area (Å²) in [6, 6.07) is 11.5. The first-order chi connectivity index (χ1) is 11.0. The summed E-state index contributed by atoms with van der Waals surface area (Å²) in [7, 11) is 2.15. The molecule has 1 unspecified atom stereocenters. The van der Waals surface area contributed by atoms with Crippen LogP contribution < -0.4 is 5.32 Å². The van der Waals surface area contributed by atoms with Gasteiger partial charge in [0.2, 0.25) is 0 Å². The molecule has 1 atom stereocenters. The number of halogens is 1. The summed E-state index contributed by atoms with van der Waals surface area (Å²) in [5.41, 5.74) is 3.70. The lowest BCUT2D eigenvalue weighted by Crippen LogP contribution is -2.25. The van der Waals surface area contributed by atoms with Crippen molar-refractivity contribution in [2.75, 3.05) is 7.05 Å². The van der Waals surface area contributed by atoms with E-state index in [4.69, 9.17) is 11.6 Å². The maximum Gasteiger partial charge on any atom is 0.0636 e. The van der Waals surface area contributed by atoms with Crippen molar-refractivity contribution in [2.24, 2.45) is 0 Å². The summed E-state index contributed by atoms with van der Waals surface area (Å²) in [5.74, 6) is 0. The van der Waals surface area contributed by atoms with Crippen molar-refractivity contribution in [1.29, 1.82) is 0 Å². The van der Waals surface area contributed by atoms with Gasteiger partial charge in [0.25, 0.3) is 0 Å². The molecule has 1 aromatic carbocycles. The highest BCUT2D eigenvalue weighted by Gasteiger charge is 2.09. The van der Waals surface area contributed by atoms with Crippen LogP contribution in [0.25, 0.3) is 0 Å². The third-order valence-corrected chi connectivity index (χ3v) is 4.53. The van der Waals surface area contributed by atoms with Gasteiger partial charge >= 0.3 is 0 Å². The molecular weight excluding hydrogens is 306 g/mol. The monoisotopic (exact) mass is 331 g/mol. The smallest absolute Gasteiger partial charge is 0.0636 e. The van der Waals surface area contributed by atoms with Crippen molar-refractivity contribution < 1.29 is 0 Å². The Morgan fingerprint density at radius 1 is 1.09 bits per heavy atom. The Bertz CT molecular complexity index is 610. The van der Waals surface area contributed by atoms with Crippen molar-refractivity contribution in [3.63, 3.8) is 0 Å². The van der Waals surface area contributed by atoms with Crippen LogP contribution in [-0.2, 0) is 13.1 Å². The lowest BCUT2D eigenvalue weighted by Gasteiger charge is -2.21. The molecule has 2 rings (SSSR count). The number of pyridine rings is 1. The highest BCUT2D eigenvalue weighted by atomic mass is 35.5. The number of rotatable bonds is 7. The fraction of sp³-hybridized carbons (Fsp3) is 0.421. The zero-order valence-electron chi connectivity index (χ0n) is 14.4. The molecule has 0 aliphatic rings. The topological polar surface area (TPSA) is 28.2 Å². The van der Waals surface area contributed by atoms with Gasteiger partial charge in [0, 0.05) is 37.6 Å². The normalized spacial score (nSPS) is 12.8. The molecule has 2 aromatic rings. The molecule has 3 nitrogen and oxygen atoms in total. The molecule has 0 radical (unpaired) electrons. The number of nitrogens with one attached hydrogen (secondary N) is 1. The Balaban J connectivity index is 1.90. The van der Waals surface area contributed by atoms with Crippen LogP contribution in [0, 0.1) is 0 Å². The van der Waals surface area contributed by atoms with Gasteiger partial charge in [-0.05, 0) is 50.6 Å². The highest BCUT2D eigenvalue weighted by Crippen LogP contribution is 2.21. The standard InChI is InChI=1S/C19H26ClN3/c1-14(2)23(4)13-17-7-5-16(6-8-17)11-22-15(3)18-9-10-21-12-19(18)20/h5-10,12,14-15,22H,11,13H2,1-4H3. The highest BCUT2D eigenvalue weighted by molar-refractivity contribution is 6.31. The van der Waals surface area contributed by atoms with Crippen LogP contribution in [0.15, 0.2) is 42.7 Å². The van der Waals surface area contributed by atoms with Crippen molar-refractivity contribution in [3.8, 4) is 0 Å². The molecule has 1 N–H and O–H groups in total. The fourth-order valence-corrected chi connectivity index (χ4v) is 2.63. The lowest BCUT2D eigenvalue weighted by atomic mass is 10.1. The number of hydrogen-bond donors (Lipinski definition) is 1. The molecule has 0 aliphatic heterocycles. The minimum Gasteiger partial charge on any atom is -0.306 e. The molecule has 0 amide bonds. The Hall–Kier alpha value is -1.42. The third kappa shape index (κ3) is 5.31. The van der Waals surface area contributed by atoms with Crippen LogP contribution >= 0.6 is 11.6 Å². The van der Waals surface area contributed by atoms with Gasteiger partial charge in [-0.15, -0.1) is 0 Å². The number of aromatic nitrogens is 1. The second-order valence-corrected chi connectivity index (χ2v) is 6.73. The number of benzene rings is 1. The van der Waals surface area contributed by atoms with Crippen LogP contribution in [0.2, 0.25) is 5.02 Å². The van der Waals surface area contributed by atoms with E-state index < -0.39 is 0 Å². The average Bonchev–Trinajstić information content (AvgIpc) is 2.54. The van der Waals surface area contributed by atoms with E-state index in [9.17, 15) is 0 Å². The van der Waals surface area contributed by atoms with Gasteiger partial charge in [-0.25, -0.2) is 0 Å². The molecule has 1 aromatic heterocycles. The first-order valence-corrected chi connectivity index (χ1v) is 8.46. The molecule has 0 saturated heterocycles. The third-order valence-electron chi connectivity index (χ3n) is 4.22. The second-order valence-electron chi connectivity index (χ2n) is 6.33. The molecule has 23 heavy (non-hydrogen) atoms. The van der Waals surface area contributed by atoms with Crippen LogP contribution in [0.4, 0.5) is 0 Å². The van der Waals surface area contributed by atoms with Gasteiger partial charge in [-0.2, -0.15) is 0 Å². The zero-order valence-corrected chi connectivity index (χ0v) is 15.1. The van der Waals surface area contributed by atoms with Crippen molar-refractivity contribution in [2.45, 2.75) is 45.9 Å². The molecule has 0 aliphatic carbocycles. The van der Waals surface area contributed by atoms with Gasteiger partial charge in [-0.3, -0.25) is 9.88 Å². The van der Waals surface area contributed by atoms with E-state index in [2.05, 4.69) is 67.3 Å². The van der Waals surface area contributed by atoms with Gasteiger partial charge in [0.15, 0.2) is 0 Å². The largest absolute Gasteiger partial charge is 0.306 e. The van der Waals surface area contributed by atoms with E-state index in [0.717, 1.165) is 18.7 Å². The molecule has 0 bridgehead atoms. The predicted molar refractivity (Wildman–Crippen MR) is 97.5 cm³/mol. The number of hydrogen-bond acceptors (Lipinski definition) is 3. The zero-order chi connectivity index (χ0) is 16.8. The summed E-state index contributed by atoms with van der Waals surface area (Å²) in [4.78, 5) is 6.36. The first kappa shape index (κ1) is 17.9. The van der Waals surface area contributed by atoms with Crippen LogP contribution in [-0.4, -0.2) is 23.0 Å². The Morgan fingerprint density at radius 3 is 2.35 bits per heavy atom. The lowest BCUT2D eigenvalue weighted by molar-refractivity contribution is 0.266. The molecule has 4 heteroatoms. The van der Waals surface area contributed by atoms with E-state index in [1.165, 1.54) is 11.1 Å². The van der Waals surface area contributed by atoms with Gasteiger partial charge in [-0.1, -0.05) is 35.9 Å². The van der Waals surface area contributed by atoms with E-state index in [1.54, 1.807) is 12.4 Å². The molecular formula is C19H26ClN3. The summed E-state index contributed by atoms with van der Waals surface area (Å²) in [6.07, 6.45) is 3.47. The van der Waals surface area contributed by atoms with Crippen molar-refractivity contribution in [3.05, 3.63) is 64.4 Å². The van der Waals surface area contributed by atoms with Gasteiger partial charge < -0.3 is 5.32 Å².